The fourth-order valence-corrected chi connectivity index (χ4v) is 5.92. The van der Waals surface area contributed by atoms with Crippen LogP contribution in [0.3, 0.4) is 0 Å². The Bertz CT molecular complexity index is 538. The molecule has 26 heavy (non-hydrogen) atoms. The zero-order chi connectivity index (χ0) is 19.3. The fourth-order valence-electron chi connectivity index (χ4n) is 3.95. The van der Waals surface area contributed by atoms with Gasteiger partial charge >= 0.3 is 0 Å². The molecule has 0 N–H and O–H groups in total. The molecule has 2 rings (SSSR count). The van der Waals surface area contributed by atoms with Crippen molar-refractivity contribution in [2.45, 2.75) is 59.8 Å². The molecular formula is C19H37N3O3S. The number of likely N-dealkylation sites (tertiary alicyclic amines) is 1. The van der Waals surface area contributed by atoms with E-state index in [4.69, 9.17) is 0 Å². The van der Waals surface area contributed by atoms with Crippen LogP contribution in [0.25, 0.3) is 0 Å². The lowest BCUT2D eigenvalue weighted by Crippen LogP contribution is -2.51. The molecule has 0 atom stereocenters. The van der Waals surface area contributed by atoms with Crippen LogP contribution in [0.4, 0.5) is 0 Å². The van der Waals surface area contributed by atoms with Crippen molar-refractivity contribution in [2.75, 3.05) is 39.3 Å². The van der Waals surface area contributed by atoms with E-state index in [1.165, 1.54) is 6.42 Å². The SMILES string of the molecule is CC(C)CN(CC(C)C)S(=O)(=O)N1CCC(C(=O)N2CCCCC2)CC1. The van der Waals surface area contributed by atoms with Gasteiger partial charge in [0.2, 0.25) is 5.91 Å². The Morgan fingerprint density at radius 3 is 1.88 bits per heavy atom. The Hall–Kier alpha value is -0.660. The number of nitrogens with zero attached hydrogens (tertiary/aromatic N) is 3. The second kappa shape index (κ2) is 9.51. The van der Waals surface area contributed by atoms with Gasteiger partial charge in [-0.25, -0.2) is 0 Å². The van der Waals surface area contributed by atoms with Crippen LogP contribution in [-0.4, -0.2) is 67.1 Å². The lowest BCUT2D eigenvalue weighted by molar-refractivity contribution is -0.137. The van der Waals surface area contributed by atoms with Gasteiger partial charge in [0.15, 0.2) is 0 Å². The quantitative estimate of drug-likeness (QED) is 0.674. The van der Waals surface area contributed by atoms with Gasteiger partial charge in [0.05, 0.1) is 0 Å². The topological polar surface area (TPSA) is 60.9 Å². The summed E-state index contributed by atoms with van der Waals surface area (Å²) in [7, 11) is -3.45. The summed E-state index contributed by atoms with van der Waals surface area (Å²) in [6.45, 7) is 11.9. The van der Waals surface area contributed by atoms with Crippen molar-refractivity contribution in [3.63, 3.8) is 0 Å². The summed E-state index contributed by atoms with van der Waals surface area (Å²) < 4.78 is 29.4. The van der Waals surface area contributed by atoms with E-state index in [1.807, 2.05) is 32.6 Å². The predicted octanol–water partition coefficient (Wildman–Crippen LogP) is 2.57. The van der Waals surface area contributed by atoms with Gasteiger partial charge in [-0.05, 0) is 43.9 Å². The van der Waals surface area contributed by atoms with Crippen molar-refractivity contribution in [2.24, 2.45) is 17.8 Å². The molecule has 2 aliphatic rings. The average Bonchev–Trinajstić information content (AvgIpc) is 2.60. The Balaban J connectivity index is 1.96. The van der Waals surface area contributed by atoms with E-state index in [2.05, 4.69) is 0 Å². The molecule has 2 saturated heterocycles. The molecule has 0 aliphatic carbocycles. The third kappa shape index (κ3) is 5.67. The van der Waals surface area contributed by atoms with Gasteiger partial charge in [-0.2, -0.15) is 17.0 Å². The van der Waals surface area contributed by atoms with Crippen molar-refractivity contribution < 1.29 is 13.2 Å². The molecule has 0 aromatic carbocycles. The molecule has 2 fully saturated rings. The monoisotopic (exact) mass is 387 g/mol. The molecule has 0 aromatic heterocycles. The average molecular weight is 388 g/mol. The minimum Gasteiger partial charge on any atom is -0.342 e. The molecule has 0 aromatic rings. The largest absolute Gasteiger partial charge is 0.342 e. The molecule has 2 aliphatic heterocycles. The third-order valence-corrected chi connectivity index (χ3v) is 7.23. The summed E-state index contributed by atoms with van der Waals surface area (Å²) in [6.07, 6.45) is 4.69. The van der Waals surface area contributed by atoms with Crippen molar-refractivity contribution in [3.8, 4) is 0 Å². The molecular weight excluding hydrogens is 350 g/mol. The van der Waals surface area contributed by atoms with E-state index in [1.54, 1.807) is 8.61 Å². The summed E-state index contributed by atoms with van der Waals surface area (Å²) in [4.78, 5) is 14.7. The van der Waals surface area contributed by atoms with Crippen LogP contribution in [-0.2, 0) is 15.0 Å². The van der Waals surface area contributed by atoms with Crippen LogP contribution >= 0.6 is 0 Å². The smallest absolute Gasteiger partial charge is 0.281 e. The number of rotatable bonds is 7. The molecule has 0 bridgehead atoms. The first-order valence-corrected chi connectivity index (χ1v) is 11.7. The van der Waals surface area contributed by atoms with Crippen LogP contribution in [0, 0.1) is 17.8 Å². The first-order valence-electron chi connectivity index (χ1n) is 10.3. The number of carbonyl (C=O) groups excluding carboxylic acids is 1. The highest BCUT2D eigenvalue weighted by atomic mass is 32.2. The fraction of sp³-hybridized carbons (Fsp3) is 0.947. The van der Waals surface area contributed by atoms with Crippen LogP contribution in [0.2, 0.25) is 0 Å². The van der Waals surface area contributed by atoms with Crippen molar-refractivity contribution >= 4 is 16.1 Å². The van der Waals surface area contributed by atoms with Gasteiger partial charge in [0.1, 0.15) is 0 Å². The van der Waals surface area contributed by atoms with Gasteiger partial charge < -0.3 is 4.90 Å². The van der Waals surface area contributed by atoms with Gasteiger partial charge in [0.25, 0.3) is 10.2 Å². The van der Waals surface area contributed by atoms with E-state index < -0.39 is 10.2 Å². The molecule has 0 saturated carbocycles. The zero-order valence-corrected chi connectivity index (χ0v) is 17.8. The lowest BCUT2D eigenvalue weighted by atomic mass is 9.95. The van der Waals surface area contributed by atoms with Crippen molar-refractivity contribution in [1.29, 1.82) is 0 Å². The highest BCUT2D eigenvalue weighted by Gasteiger charge is 2.36. The maximum Gasteiger partial charge on any atom is 0.281 e. The summed E-state index contributed by atoms with van der Waals surface area (Å²) in [5.74, 6) is 0.814. The first-order chi connectivity index (χ1) is 12.2. The Kier molecular flexibility index (Phi) is 7.91. The zero-order valence-electron chi connectivity index (χ0n) is 17.0. The van der Waals surface area contributed by atoms with Crippen molar-refractivity contribution in [1.82, 2.24) is 13.5 Å². The second-order valence-corrected chi connectivity index (χ2v) is 10.6. The van der Waals surface area contributed by atoms with Gasteiger partial charge in [-0.15, -0.1) is 0 Å². The van der Waals surface area contributed by atoms with E-state index in [0.29, 0.717) is 50.9 Å². The minimum atomic E-state index is -3.45. The van der Waals surface area contributed by atoms with Crippen LogP contribution < -0.4 is 0 Å². The standard InChI is InChI=1S/C19H37N3O3S/c1-16(2)14-22(15-17(3)4)26(24,25)21-12-8-18(9-13-21)19(23)20-10-6-5-7-11-20/h16-18H,5-15H2,1-4H3. The molecule has 0 radical (unpaired) electrons. The minimum absolute atomic E-state index is 0.0109. The third-order valence-electron chi connectivity index (χ3n) is 5.26. The van der Waals surface area contributed by atoms with Gasteiger partial charge in [-0.3, -0.25) is 4.79 Å². The number of amides is 1. The summed E-state index contributed by atoms with van der Waals surface area (Å²) in [6, 6.07) is 0. The van der Waals surface area contributed by atoms with Crippen LogP contribution in [0.15, 0.2) is 0 Å². The normalized spacial score (nSPS) is 21.1. The Labute approximate surface area is 160 Å². The summed E-state index contributed by atoms with van der Waals surface area (Å²) in [5, 5.41) is 0. The Morgan fingerprint density at radius 2 is 1.42 bits per heavy atom. The molecule has 6 nitrogen and oxygen atoms in total. The highest BCUT2D eigenvalue weighted by Crippen LogP contribution is 2.25. The van der Waals surface area contributed by atoms with Gasteiger partial charge in [0, 0.05) is 45.2 Å². The molecule has 0 spiro atoms. The predicted molar refractivity (Wildman–Crippen MR) is 105 cm³/mol. The molecule has 0 unspecified atom stereocenters. The second-order valence-electron chi connectivity index (χ2n) is 8.67. The first kappa shape index (κ1) is 21.6. The number of carbonyl (C=O) groups is 1. The maximum absolute atomic E-state index is 13.1. The highest BCUT2D eigenvalue weighted by molar-refractivity contribution is 7.86. The van der Waals surface area contributed by atoms with Crippen LogP contribution in [0.5, 0.6) is 0 Å². The van der Waals surface area contributed by atoms with E-state index in [9.17, 15) is 13.2 Å². The molecule has 2 heterocycles. The summed E-state index contributed by atoms with van der Waals surface area (Å²) in [5.41, 5.74) is 0. The number of hydrogen-bond donors (Lipinski definition) is 0. The van der Waals surface area contributed by atoms with Crippen LogP contribution in [0.1, 0.15) is 59.8 Å². The molecule has 7 heteroatoms. The van der Waals surface area contributed by atoms with Gasteiger partial charge in [-0.1, -0.05) is 27.7 Å². The summed E-state index contributed by atoms with van der Waals surface area (Å²) >= 11 is 0. The number of hydrogen-bond acceptors (Lipinski definition) is 3. The number of piperidine rings is 2. The Morgan fingerprint density at radius 1 is 0.923 bits per heavy atom. The maximum atomic E-state index is 13.1. The van der Waals surface area contributed by atoms with E-state index >= 15 is 0 Å². The van der Waals surface area contributed by atoms with Crippen molar-refractivity contribution in [3.05, 3.63) is 0 Å². The lowest BCUT2D eigenvalue weighted by Gasteiger charge is -2.37. The molecule has 152 valence electrons. The van der Waals surface area contributed by atoms with E-state index in [0.717, 1.165) is 25.9 Å². The molecule has 1 amide bonds. The van der Waals surface area contributed by atoms with E-state index in [-0.39, 0.29) is 11.8 Å².